The molecule has 11 heteroatoms. The van der Waals surface area contributed by atoms with Gasteiger partial charge in [-0.2, -0.15) is 0 Å². The average molecular weight is 661 g/mol. The molecule has 0 bridgehead atoms. The van der Waals surface area contributed by atoms with E-state index in [1.807, 2.05) is 68.4 Å². The molecule has 0 aliphatic heterocycles. The lowest BCUT2D eigenvalue weighted by molar-refractivity contribution is -0.140. The Morgan fingerprint density at radius 2 is 1.64 bits per heavy atom. The fourth-order valence-corrected chi connectivity index (χ4v) is 5.71. The zero-order valence-electron chi connectivity index (χ0n) is 24.5. The fraction of sp³-hybridized carbons (Fsp3) is 0.355. The number of ether oxygens (including phenoxy) is 2. The number of carbonyl (C=O) groups excluding carboxylic acids is 2. The van der Waals surface area contributed by atoms with E-state index in [2.05, 4.69) is 21.2 Å². The summed E-state index contributed by atoms with van der Waals surface area (Å²) < 4.78 is 38.7. The summed E-state index contributed by atoms with van der Waals surface area (Å²) in [6.45, 7) is 3.41. The molecule has 0 fully saturated rings. The number of carbonyl (C=O) groups is 2. The van der Waals surface area contributed by atoms with E-state index >= 15 is 0 Å². The lowest BCUT2D eigenvalue weighted by Gasteiger charge is -2.34. The maximum Gasteiger partial charge on any atom is 0.244 e. The first-order valence-electron chi connectivity index (χ1n) is 13.5. The van der Waals surface area contributed by atoms with Crippen LogP contribution in [0.15, 0.2) is 77.3 Å². The number of rotatable bonds is 14. The third kappa shape index (κ3) is 8.96. The predicted octanol–water partition coefficient (Wildman–Crippen LogP) is 4.79. The van der Waals surface area contributed by atoms with E-state index < -0.39 is 28.5 Å². The number of anilines is 1. The van der Waals surface area contributed by atoms with E-state index in [1.54, 1.807) is 12.1 Å². The van der Waals surface area contributed by atoms with Crippen molar-refractivity contribution in [2.45, 2.75) is 45.3 Å². The maximum atomic E-state index is 14.2. The molecule has 0 aromatic heterocycles. The van der Waals surface area contributed by atoms with Gasteiger partial charge in [-0.15, -0.1) is 0 Å². The first kappa shape index (κ1) is 32.9. The van der Waals surface area contributed by atoms with Gasteiger partial charge in [-0.05, 0) is 48.7 Å². The Balaban J connectivity index is 2.10. The van der Waals surface area contributed by atoms with Crippen molar-refractivity contribution >= 4 is 43.5 Å². The van der Waals surface area contributed by atoms with Gasteiger partial charge in [0, 0.05) is 29.5 Å². The third-order valence-corrected chi connectivity index (χ3v) is 8.47. The first-order valence-corrected chi connectivity index (χ1v) is 16.2. The Labute approximate surface area is 257 Å². The van der Waals surface area contributed by atoms with Crippen molar-refractivity contribution in [3.63, 3.8) is 0 Å². The average Bonchev–Trinajstić information content (AvgIpc) is 2.97. The van der Waals surface area contributed by atoms with Crippen molar-refractivity contribution in [3.05, 3.63) is 88.4 Å². The minimum atomic E-state index is -3.95. The van der Waals surface area contributed by atoms with E-state index in [0.717, 1.165) is 26.2 Å². The first-order chi connectivity index (χ1) is 20.0. The van der Waals surface area contributed by atoms with E-state index in [9.17, 15) is 18.0 Å². The number of halogens is 1. The second-order valence-electron chi connectivity index (χ2n) is 9.98. The van der Waals surface area contributed by atoms with Crippen molar-refractivity contribution in [1.29, 1.82) is 0 Å². The minimum absolute atomic E-state index is 0.0844. The van der Waals surface area contributed by atoms with Crippen LogP contribution in [0.3, 0.4) is 0 Å². The SMILES string of the molecule is CC[C@@H](C)NC(=O)[C@@H](Cc1ccccc1)N(Cc1cccc(Br)c1)C(=O)CN(c1ccc(OC)cc1OC)S(C)(=O)=O. The summed E-state index contributed by atoms with van der Waals surface area (Å²) in [6, 6.07) is 20.5. The summed E-state index contributed by atoms with van der Waals surface area (Å²) in [5.74, 6) is -0.166. The molecule has 0 radical (unpaired) electrons. The number of benzene rings is 3. The van der Waals surface area contributed by atoms with Gasteiger partial charge in [-0.1, -0.05) is 65.3 Å². The smallest absolute Gasteiger partial charge is 0.244 e. The molecule has 0 heterocycles. The molecular weight excluding hydrogens is 622 g/mol. The second-order valence-corrected chi connectivity index (χ2v) is 12.8. The van der Waals surface area contributed by atoms with E-state index in [1.165, 1.54) is 25.2 Å². The Hall–Kier alpha value is -3.57. The molecule has 2 amide bonds. The standard InChI is InChI=1S/C31H38BrN3O6S/c1-6-22(2)33-31(37)28(18-23-11-8-7-9-12-23)34(20-24-13-10-14-25(32)17-24)30(36)21-35(42(5,38)39)27-16-15-26(40-3)19-29(27)41-4/h7-17,19,22,28H,6,18,20-21H2,1-5H3,(H,33,37)/t22-,28-/m1/s1. The normalized spacial score (nSPS) is 12.6. The number of hydrogen-bond acceptors (Lipinski definition) is 6. The van der Waals surface area contributed by atoms with Crippen LogP contribution in [-0.4, -0.2) is 64.2 Å². The highest BCUT2D eigenvalue weighted by molar-refractivity contribution is 9.10. The summed E-state index contributed by atoms with van der Waals surface area (Å²) in [5.41, 5.74) is 1.82. The van der Waals surface area contributed by atoms with Gasteiger partial charge in [0.25, 0.3) is 0 Å². The maximum absolute atomic E-state index is 14.2. The van der Waals surface area contributed by atoms with Crippen LogP contribution in [0.4, 0.5) is 5.69 Å². The third-order valence-electron chi connectivity index (χ3n) is 6.85. The summed E-state index contributed by atoms with van der Waals surface area (Å²) in [4.78, 5) is 29.5. The number of amides is 2. The molecule has 9 nitrogen and oxygen atoms in total. The van der Waals surface area contributed by atoms with Gasteiger partial charge in [0.05, 0.1) is 26.2 Å². The Morgan fingerprint density at radius 3 is 2.24 bits per heavy atom. The van der Waals surface area contributed by atoms with Gasteiger partial charge in [0.2, 0.25) is 21.8 Å². The number of nitrogens with one attached hydrogen (secondary N) is 1. The van der Waals surface area contributed by atoms with E-state index in [-0.39, 0.29) is 36.4 Å². The molecule has 0 aliphatic carbocycles. The quantitative estimate of drug-likeness (QED) is 0.267. The Bertz CT molecular complexity index is 1470. The van der Waals surface area contributed by atoms with Gasteiger partial charge in [0.15, 0.2) is 0 Å². The molecular formula is C31H38BrN3O6S. The molecule has 0 aliphatic rings. The summed E-state index contributed by atoms with van der Waals surface area (Å²) in [6.07, 6.45) is 1.98. The summed E-state index contributed by atoms with van der Waals surface area (Å²) >= 11 is 3.48. The number of methoxy groups -OCH3 is 2. The molecule has 3 aromatic carbocycles. The Morgan fingerprint density at radius 1 is 0.952 bits per heavy atom. The van der Waals surface area contributed by atoms with Crippen LogP contribution in [0.2, 0.25) is 0 Å². The molecule has 0 spiro atoms. The molecule has 1 N–H and O–H groups in total. The van der Waals surface area contributed by atoms with Gasteiger partial charge in [-0.3, -0.25) is 13.9 Å². The zero-order valence-corrected chi connectivity index (χ0v) is 26.9. The molecule has 0 unspecified atom stereocenters. The monoisotopic (exact) mass is 659 g/mol. The predicted molar refractivity (Wildman–Crippen MR) is 168 cm³/mol. The minimum Gasteiger partial charge on any atom is -0.497 e. The fourth-order valence-electron chi connectivity index (χ4n) is 4.41. The van der Waals surface area contributed by atoms with Crippen molar-refractivity contribution in [2.75, 3.05) is 31.3 Å². The van der Waals surface area contributed by atoms with Crippen LogP contribution in [0.25, 0.3) is 0 Å². The van der Waals surface area contributed by atoms with E-state index in [0.29, 0.717) is 12.2 Å². The molecule has 42 heavy (non-hydrogen) atoms. The van der Waals surface area contributed by atoms with Gasteiger partial charge >= 0.3 is 0 Å². The largest absolute Gasteiger partial charge is 0.497 e. The number of hydrogen-bond donors (Lipinski definition) is 1. The van der Waals surface area contributed by atoms with Gasteiger partial charge in [0.1, 0.15) is 24.1 Å². The molecule has 226 valence electrons. The topological polar surface area (TPSA) is 105 Å². The lowest BCUT2D eigenvalue weighted by Crippen LogP contribution is -2.54. The van der Waals surface area contributed by atoms with Crippen LogP contribution < -0.4 is 19.1 Å². The molecule has 2 atom stereocenters. The molecule has 0 saturated heterocycles. The highest BCUT2D eigenvalue weighted by atomic mass is 79.9. The molecule has 3 rings (SSSR count). The van der Waals surface area contributed by atoms with Crippen LogP contribution in [0.1, 0.15) is 31.4 Å². The summed E-state index contributed by atoms with van der Waals surface area (Å²) in [7, 11) is -1.05. The zero-order chi connectivity index (χ0) is 30.9. The molecule has 3 aromatic rings. The lowest BCUT2D eigenvalue weighted by atomic mass is 10.0. The number of nitrogens with zero attached hydrogens (tertiary/aromatic N) is 2. The van der Waals surface area contributed by atoms with Gasteiger partial charge < -0.3 is 19.7 Å². The van der Waals surface area contributed by atoms with Crippen LogP contribution in [-0.2, 0) is 32.6 Å². The van der Waals surface area contributed by atoms with Crippen LogP contribution in [0.5, 0.6) is 11.5 Å². The van der Waals surface area contributed by atoms with Crippen molar-refractivity contribution in [2.24, 2.45) is 0 Å². The van der Waals surface area contributed by atoms with Crippen LogP contribution in [0, 0.1) is 0 Å². The highest BCUT2D eigenvalue weighted by Crippen LogP contribution is 2.34. The number of sulfonamides is 1. The van der Waals surface area contributed by atoms with Crippen molar-refractivity contribution in [1.82, 2.24) is 10.2 Å². The van der Waals surface area contributed by atoms with Crippen molar-refractivity contribution in [3.8, 4) is 11.5 Å². The Kier molecular flexibility index (Phi) is 11.8. The van der Waals surface area contributed by atoms with Crippen molar-refractivity contribution < 1.29 is 27.5 Å². The highest BCUT2D eigenvalue weighted by Gasteiger charge is 2.34. The van der Waals surface area contributed by atoms with Crippen LogP contribution >= 0.6 is 15.9 Å². The van der Waals surface area contributed by atoms with E-state index in [4.69, 9.17) is 9.47 Å². The van der Waals surface area contributed by atoms with Gasteiger partial charge in [-0.25, -0.2) is 8.42 Å². The summed E-state index contributed by atoms with van der Waals surface area (Å²) in [5, 5.41) is 3.02. The molecule has 0 saturated carbocycles. The second kappa shape index (κ2) is 15.1.